The molecule has 1 N–H and O–H groups in total. The van der Waals surface area contributed by atoms with E-state index < -0.39 is 12.0 Å². The first kappa shape index (κ1) is 18.5. The second-order valence-electron chi connectivity index (χ2n) is 6.08. The van der Waals surface area contributed by atoms with Crippen LogP contribution in [0, 0.1) is 0 Å². The smallest absolute Gasteiger partial charge is 0.548 e. The molecule has 2 heterocycles. The SMILES string of the molecule is O=C([O-])C1CCC(C(=O)NCCCc2ccco2)N1C1CC1.[Na+]. The van der Waals surface area contributed by atoms with Gasteiger partial charge in [-0.15, -0.1) is 0 Å². The summed E-state index contributed by atoms with van der Waals surface area (Å²) in [6.45, 7) is 0.574. The van der Waals surface area contributed by atoms with E-state index in [0.717, 1.165) is 31.4 Å². The van der Waals surface area contributed by atoms with E-state index in [2.05, 4.69) is 5.32 Å². The van der Waals surface area contributed by atoms with Gasteiger partial charge in [-0.05, 0) is 44.2 Å². The van der Waals surface area contributed by atoms with Gasteiger partial charge in [0.05, 0.1) is 24.3 Å². The minimum absolute atomic E-state index is 0. The van der Waals surface area contributed by atoms with Crippen molar-refractivity contribution in [2.45, 2.75) is 56.7 Å². The molecule has 1 saturated heterocycles. The van der Waals surface area contributed by atoms with Crippen molar-refractivity contribution >= 4 is 11.9 Å². The summed E-state index contributed by atoms with van der Waals surface area (Å²) >= 11 is 0. The van der Waals surface area contributed by atoms with E-state index in [1.807, 2.05) is 17.0 Å². The number of aliphatic carboxylic acids is 1. The number of carboxylic acid groups (broad SMARTS) is 1. The van der Waals surface area contributed by atoms with E-state index in [1.54, 1.807) is 6.26 Å². The van der Waals surface area contributed by atoms with Crippen molar-refractivity contribution in [1.29, 1.82) is 0 Å². The van der Waals surface area contributed by atoms with Crippen molar-refractivity contribution in [3.05, 3.63) is 24.2 Å². The summed E-state index contributed by atoms with van der Waals surface area (Å²) in [6.07, 6.45) is 6.28. The number of amides is 1. The maximum absolute atomic E-state index is 12.3. The maximum Gasteiger partial charge on any atom is 1.00 e. The molecule has 1 aliphatic heterocycles. The molecule has 6 nitrogen and oxygen atoms in total. The number of nitrogens with zero attached hydrogens (tertiary/aromatic N) is 1. The van der Waals surface area contributed by atoms with Crippen LogP contribution < -0.4 is 40.0 Å². The van der Waals surface area contributed by atoms with Crippen molar-refractivity contribution in [3.63, 3.8) is 0 Å². The number of aryl methyl sites for hydroxylation is 1. The zero-order valence-electron chi connectivity index (χ0n) is 13.5. The number of rotatable bonds is 7. The molecular weight excluding hydrogens is 307 g/mol. The van der Waals surface area contributed by atoms with Crippen molar-refractivity contribution < 1.29 is 48.7 Å². The third kappa shape index (κ3) is 4.59. The van der Waals surface area contributed by atoms with Gasteiger partial charge in [0, 0.05) is 19.0 Å². The van der Waals surface area contributed by atoms with Crippen LogP contribution in [0.25, 0.3) is 0 Å². The van der Waals surface area contributed by atoms with Crippen molar-refractivity contribution in [1.82, 2.24) is 10.2 Å². The molecule has 1 aromatic rings. The van der Waals surface area contributed by atoms with Crippen LogP contribution in [0.15, 0.2) is 22.8 Å². The van der Waals surface area contributed by atoms with Gasteiger partial charge in [-0.1, -0.05) is 0 Å². The molecule has 1 aliphatic carbocycles. The molecule has 23 heavy (non-hydrogen) atoms. The Morgan fingerprint density at radius 2 is 2.00 bits per heavy atom. The molecule has 7 heteroatoms. The van der Waals surface area contributed by atoms with E-state index in [4.69, 9.17) is 4.42 Å². The second-order valence-corrected chi connectivity index (χ2v) is 6.08. The van der Waals surface area contributed by atoms with Crippen molar-refractivity contribution in [2.24, 2.45) is 0 Å². The van der Waals surface area contributed by atoms with E-state index >= 15 is 0 Å². The average Bonchev–Trinajstić information content (AvgIpc) is 3.03. The summed E-state index contributed by atoms with van der Waals surface area (Å²) in [5, 5.41) is 14.1. The van der Waals surface area contributed by atoms with Gasteiger partial charge < -0.3 is 19.6 Å². The van der Waals surface area contributed by atoms with E-state index in [0.29, 0.717) is 19.4 Å². The Bertz CT molecular complexity index is 530. The predicted octanol–water partition coefficient (Wildman–Crippen LogP) is -2.92. The number of carbonyl (C=O) groups is 2. The quantitative estimate of drug-likeness (QED) is 0.428. The van der Waals surface area contributed by atoms with Crippen LogP contribution in [0.5, 0.6) is 0 Å². The number of carbonyl (C=O) groups excluding carboxylic acids is 2. The standard InChI is InChI=1S/C16H22N2O4.Na/c19-15(17-9-1-3-12-4-2-10-22-12)13-7-8-14(16(20)21)18(13)11-5-6-11;/h2,4,10-11,13-14H,1,3,5-9H2,(H,17,19)(H,20,21);/q;+1/p-1. The van der Waals surface area contributed by atoms with Gasteiger partial charge >= 0.3 is 29.6 Å². The van der Waals surface area contributed by atoms with Crippen molar-refractivity contribution in [2.75, 3.05) is 6.54 Å². The summed E-state index contributed by atoms with van der Waals surface area (Å²) in [4.78, 5) is 25.4. The van der Waals surface area contributed by atoms with Gasteiger partial charge in [0.1, 0.15) is 5.76 Å². The minimum atomic E-state index is -1.06. The molecule has 0 radical (unpaired) electrons. The first-order valence-corrected chi connectivity index (χ1v) is 7.95. The molecule has 0 aromatic carbocycles. The first-order chi connectivity index (χ1) is 10.7. The molecular formula is C16H21N2NaO4. The van der Waals surface area contributed by atoms with Crippen molar-refractivity contribution in [3.8, 4) is 0 Å². The Hall–Kier alpha value is -0.820. The molecule has 2 unspecified atom stereocenters. The molecule has 0 spiro atoms. The number of nitrogens with one attached hydrogen (secondary N) is 1. The number of hydrogen-bond donors (Lipinski definition) is 1. The molecule has 0 bridgehead atoms. The molecule has 1 amide bonds. The number of likely N-dealkylation sites (tertiary alicyclic amines) is 1. The van der Waals surface area contributed by atoms with Crippen LogP contribution in [0.2, 0.25) is 0 Å². The molecule has 1 saturated carbocycles. The fourth-order valence-electron chi connectivity index (χ4n) is 3.27. The van der Waals surface area contributed by atoms with Crippen LogP contribution in [0.4, 0.5) is 0 Å². The largest absolute Gasteiger partial charge is 1.00 e. The number of carboxylic acids is 1. The summed E-state index contributed by atoms with van der Waals surface area (Å²) in [7, 11) is 0. The van der Waals surface area contributed by atoms with Crippen LogP contribution in [0.1, 0.15) is 37.9 Å². The Kier molecular flexibility index (Phi) is 6.71. The Morgan fingerprint density at radius 1 is 1.26 bits per heavy atom. The molecule has 120 valence electrons. The molecule has 1 aromatic heterocycles. The number of hydrogen-bond acceptors (Lipinski definition) is 5. The van der Waals surface area contributed by atoms with Gasteiger partial charge in [-0.25, -0.2) is 0 Å². The Balaban J connectivity index is 0.00000192. The fraction of sp³-hybridized carbons (Fsp3) is 0.625. The first-order valence-electron chi connectivity index (χ1n) is 7.95. The topological polar surface area (TPSA) is 85.6 Å². The van der Waals surface area contributed by atoms with Gasteiger partial charge in [-0.3, -0.25) is 9.69 Å². The van der Waals surface area contributed by atoms with Gasteiger partial charge in [0.2, 0.25) is 5.91 Å². The molecule has 3 rings (SSSR count). The van der Waals surface area contributed by atoms with Crippen LogP contribution in [0.3, 0.4) is 0 Å². The fourth-order valence-corrected chi connectivity index (χ4v) is 3.27. The van der Waals surface area contributed by atoms with Gasteiger partial charge in [0.15, 0.2) is 0 Å². The molecule has 2 atom stereocenters. The third-order valence-corrected chi connectivity index (χ3v) is 4.46. The summed E-state index contributed by atoms with van der Waals surface area (Å²) in [5.41, 5.74) is 0. The zero-order valence-corrected chi connectivity index (χ0v) is 15.5. The normalized spacial score (nSPS) is 24.2. The van der Waals surface area contributed by atoms with Gasteiger partial charge in [-0.2, -0.15) is 0 Å². The zero-order chi connectivity index (χ0) is 15.5. The molecule has 2 fully saturated rings. The minimum Gasteiger partial charge on any atom is -0.548 e. The van der Waals surface area contributed by atoms with E-state index in [-0.39, 0.29) is 47.5 Å². The van der Waals surface area contributed by atoms with Crippen LogP contribution in [-0.4, -0.2) is 41.4 Å². The average molecular weight is 328 g/mol. The predicted molar refractivity (Wildman–Crippen MR) is 76.7 cm³/mol. The monoisotopic (exact) mass is 328 g/mol. The summed E-state index contributed by atoms with van der Waals surface area (Å²) < 4.78 is 5.24. The Labute approximate surface area is 157 Å². The van der Waals surface area contributed by atoms with Crippen LogP contribution >= 0.6 is 0 Å². The maximum atomic E-state index is 12.3. The van der Waals surface area contributed by atoms with Gasteiger partial charge in [0.25, 0.3) is 0 Å². The summed E-state index contributed by atoms with van der Waals surface area (Å²) in [5.74, 6) is -0.207. The summed E-state index contributed by atoms with van der Waals surface area (Å²) in [6, 6.07) is 3.08. The third-order valence-electron chi connectivity index (χ3n) is 4.46. The van der Waals surface area contributed by atoms with E-state index in [9.17, 15) is 14.7 Å². The molecule has 2 aliphatic rings. The van der Waals surface area contributed by atoms with Crippen LogP contribution in [-0.2, 0) is 16.0 Å². The Morgan fingerprint density at radius 3 is 2.61 bits per heavy atom. The number of furan rings is 1. The second kappa shape index (κ2) is 8.33. The van der Waals surface area contributed by atoms with E-state index in [1.165, 1.54) is 0 Å².